The second-order valence-electron chi connectivity index (χ2n) is 5.53. The van der Waals surface area contributed by atoms with Crippen molar-refractivity contribution in [1.29, 1.82) is 0 Å². The van der Waals surface area contributed by atoms with E-state index in [1.165, 1.54) is 40.0 Å². The Balaban J connectivity index is 1.62. The van der Waals surface area contributed by atoms with Gasteiger partial charge in [-0.25, -0.2) is 9.37 Å². The molecule has 3 nitrogen and oxygen atoms in total. The van der Waals surface area contributed by atoms with Crippen molar-refractivity contribution in [2.75, 3.05) is 5.32 Å². The highest BCUT2D eigenvalue weighted by atomic mass is 35.5. The standard InChI is InChI=1S/C18H12ClFN2OS/c19-13-9-11(5-7-14(13)20)17(23)22-18-21-16-12-4-2-1-3-10(12)6-8-15(16)24-18/h1-5,7,9H,6,8H2,(H,21,22,23). The molecule has 1 N–H and O–H groups in total. The summed E-state index contributed by atoms with van der Waals surface area (Å²) in [6.07, 6.45) is 1.90. The number of anilines is 1. The van der Waals surface area contributed by atoms with Gasteiger partial charge in [0.05, 0.1) is 10.7 Å². The highest BCUT2D eigenvalue weighted by Crippen LogP contribution is 2.38. The van der Waals surface area contributed by atoms with Crippen LogP contribution in [0.25, 0.3) is 11.3 Å². The van der Waals surface area contributed by atoms with E-state index in [-0.39, 0.29) is 10.9 Å². The molecule has 0 atom stereocenters. The third-order valence-corrected chi connectivity index (χ3v) is 5.31. The Morgan fingerprint density at radius 3 is 2.88 bits per heavy atom. The van der Waals surface area contributed by atoms with E-state index in [9.17, 15) is 9.18 Å². The molecule has 0 aliphatic heterocycles. The largest absolute Gasteiger partial charge is 0.298 e. The Labute approximate surface area is 147 Å². The highest BCUT2D eigenvalue weighted by Gasteiger charge is 2.21. The molecule has 0 saturated carbocycles. The van der Waals surface area contributed by atoms with Crippen LogP contribution in [0.2, 0.25) is 5.02 Å². The summed E-state index contributed by atoms with van der Waals surface area (Å²) in [5.41, 5.74) is 3.64. The maximum Gasteiger partial charge on any atom is 0.257 e. The van der Waals surface area contributed by atoms with E-state index in [4.69, 9.17) is 11.6 Å². The van der Waals surface area contributed by atoms with E-state index in [1.807, 2.05) is 12.1 Å². The Hall–Kier alpha value is -2.24. The van der Waals surface area contributed by atoms with Gasteiger partial charge < -0.3 is 0 Å². The van der Waals surface area contributed by atoms with Crippen molar-refractivity contribution >= 4 is 34.0 Å². The number of thiazole rings is 1. The van der Waals surface area contributed by atoms with Crippen LogP contribution in [-0.2, 0) is 12.8 Å². The average molecular weight is 359 g/mol. The molecule has 0 fully saturated rings. The first-order chi connectivity index (χ1) is 11.6. The van der Waals surface area contributed by atoms with E-state index >= 15 is 0 Å². The molecule has 24 heavy (non-hydrogen) atoms. The van der Waals surface area contributed by atoms with Gasteiger partial charge in [-0.15, -0.1) is 11.3 Å². The fraction of sp³-hybridized carbons (Fsp3) is 0.111. The molecule has 0 bridgehead atoms. The molecule has 1 aliphatic rings. The van der Waals surface area contributed by atoms with Crippen LogP contribution in [0.5, 0.6) is 0 Å². The van der Waals surface area contributed by atoms with E-state index in [1.54, 1.807) is 0 Å². The van der Waals surface area contributed by atoms with Crippen molar-refractivity contribution in [3.05, 3.63) is 69.3 Å². The normalized spacial score (nSPS) is 12.4. The van der Waals surface area contributed by atoms with Gasteiger partial charge in [0.25, 0.3) is 5.91 Å². The number of rotatable bonds is 2. The average Bonchev–Trinajstić information content (AvgIpc) is 3.00. The number of amides is 1. The molecule has 0 radical (unpaired) electrons. The molecule has 120 valence electrons. The van der Waals surface area contributed by atoms with Crippen molar-refractivity contribution in [3.8, 4) is 11.3 Å². The topological polar surface area (TPSA) is 42.0 Å². The molecule has 1 heterocycles. The summed E-state index contributed by atoms with van der Waals surface area (Å²) >= 11 is 7.21. The minimum absolute atomic E-state index is 0.0741. The summed E-state index contributed by atoms with van der Waals surface area (Å²) in [5.74, 6) is -0.897. The molecule has 2 aromatic carbocycles. The lowest BCUT2D eigenvalue weighted by atomic mass is 9.94. The quantitative estimate of drug-likeness (QED) is 0.704. The zero-order valence-electron chi connectivity index (χ0n) is 12.5. The minimum atomic E-state index is -0.547. The van der Waals surface area contributed by atoms with Gasteiger partial charge in [0.1, 0.15) is 5.82 Å². The van der Waals surface area contributed by atoms with Crippen LogP contribution >= 0.6 is 22.9 Å². The fourth-order valence-electron chi connectivity index (χ4n) is 2.81. The van der Waals surface area contributed by atoms with Crippen molar-refractivity contribution in [3.63, 3.8) is 0 Å². The first-order valence-corrected chi connectivity index (χ1v) is 8.65. The second kappa shape index (κ2) is 6.00. The van der Waals surface area contributed by atoms with Gasteiger partial charge in [-0.2, -0.15) is 0 Å². The Bertz CT molecular complexity index is 954. The number of aromatic nitrogens is 1. The molecule has 6 heteroatoms. The fourth-order valence-corrected chi connectivity index (χ4v) is 3.96. The number of hydrogen-bond donors (Lipinski definition) is 1. The zero-order chi connectivity index (χ0) is 16.7. The number of benzene rings is 2. The molecule has 4 rings (SSSR count). The van der Waals surface area contributed by atoms with E-state index in [2.05, 4.69) is 22.4 Å². The van der Waals surface area contributed by atoms with Crippen LogP contribution in [-0.4, -0.2) is 10.9 Å². The van der Waals surface area contributed by atoms with Crippen LogP contribution in [0.3, 0.4) is 0 Å². The van der Waals surface area contributed by atoms with Crippen molar-refractivity contribution in [2.24, 2.45) is 0 Å². The lowest BCUT2D eigenvalue weighted by Gasteiger charge is -2.13. The summed E-state index contributed by atoms with van der Waals surface area (Å²) in [4.78, 5) is 18.1. The summed E-state index contributed by atoms with van der Waals surface area (Å²) in [5, 5.41) is 3.25. The molecule has 0 spiro atoms. The van der Waals surface area contributed by atoms with Crippen LogP contribution < -0.4 is 5.32 Å². The third-order valence-electron chi connectivity index (χ3n) is 3.99. The molecule has 3 aromatic rings. The molecular weight excluding hydrogens is 347 g/mol. The number of halogens is 2. The van der Waals surface area contributed by atoms with Gasteiger partial charge in [0, 0.05) is 16.0 Å². The van der Waals surface area contributed by atoms with Crippen molar-refractivity contribution in [1.82, 2.24) is 4.98 Å². The maximum atomic E-state index is 13.2. The molecule has 1 amide bonds. The molecular formula is C18H12ClFN2OS. The van der Waals surface area contributed by atoms with Gasteiger partial charge in [0.15, 0.2) is 5.13 Å². The molecule has 1 aromatic heterocycles. The van der Waals surface area contributed by atoms with E-state index < -0.39 is 5.82 Å². The number of fused-ring (bicyclic) bond motifs is 3. The van der Waals surface area contributed by atoms with Gasteiger partial charge in [-0.1, -0.05) is 35.9 Å². The highest BCUT2D eigenvalue weighted by molar-refractivity contribution is 7.16. The van der Waals surface area contributed by atoms with Crippen molar-refractivity contribution < 1.29 is 9.18 Å². The second-order valence-corrected chi connectivity index (χ2v) is 7.02. The summed E-state index contributed by atoms with van der Waals surface area (Å²) in [6.45, 7) is 0. The predicted octanol–water partition coefficient (Wildman–Crippen LogP) is 4.95. The smallest absolute Gasteiger partial charge is 0.257 e. The minimum Gasteiger partial charge on any atom is -0.298 e. The Morgan fingerprint density at radius 1 is 1.21 bits per heavy atom. The monoisotopic (exact) mass is 358 g/mol. The first-order valence-electron chi connectivity index (χ1n) is 7.46. The maximum absolute atomic E-state index is 13.2. The number of hydrogen-bond acceptors (Lipinski definition) is 3. The van der Waals surface area contributed by atoms with Gasteiger partial charge in [0.2, 0.25) is 0 Å². The molecule has 1 aliphatic carbocycles. The Morgan fingerprint density at radius 2 is 2.04 bits per heavy atom. The van der Waals surface area contributed by atoms with Crippen LogP contribution in [0.4, 0.5) is 9.52 Å². The number of nitrogens with one attached hydrogen (secondary N) is 1. The number of carbonyl (C=O) groups excluding carboxylic acids is 1. The summed E-state index contributed by atoms with van der Waals surface area (Å²) in [7, 11) is 0. The summed E-state index contributed by atoms with van der Waals surface area (Å²) < 4.78 is 13.2. The van der Waals surface area contributed by atoms with Crippen molar-refractivity contribution in [2.45, 2.75) is 12.8 Å². The first kappa shape index (κ1) is 15.3. The number of nitrogens with zero attached hydrogens (tertiary/aromatic N) is 1. The van der Waals surface area contributed by atoms with E-state index in [0.29, 0.717) is 10.7 Å². The zero-order valence-corrected chi connectivity index (χ0v) is 14.0. The Kier molecular flexibility index (Phi) is 3.82. The van der Waals surface area contributed by atoms with Crippen LogP contribution in [0.15, 0.2) is 42.5 Å². The lowest BCUT2D eigenvalue weighted by Crippen LogP contribution is -2.11. The van der Waals surface area contributed by atoms with Gasteiger partial charge >= 0.3 is 0 Å². The lowest BCUT2D eigenvalue weighted by molar-refractivity contribution is 0.102. The van der Waals surface area contributed by atoms with E-state index in [0.717, 1.165) is 24.1 Å². The molecule has 0 saturated heterocycles. The third kappa shape index (κ3) is 2.70. The summed E-state index contributed by atoms with van der Waals surface area (Å²) in [6, 6.07) is 12.1. The van der Waals surface area contributed by atoms with Gasteiger partial charge in [-0.05, 0) is 36.6 Å². The number of carbonyl (C=O) groups is 1. The van der Waals surface area contributed by atoms with Crippen LogP contribution in [0, 0.1) is 5.82 Å². The SMILES string of the molecule is O=C(Nc1nc2c(s1)CCc1ccccc1-2)c1ccc(F)c(Cl)c1. The number of aryl methyl sites for hydroxylation is 2. The van der Waals surface area contributed by atoms with Crippen LogP contribution in [0.1, 0.15) is 20.8 Å². The molecule has 0 unspecified atom stereocenters. The van der Waals surface area contributed by atoms with Gasteiger partial charge in [-0.3, -0.25) is 10.1 Å². The predicted molar refractivity (Wildman–Crippen MR) is 94.3 cm³/mol.